The molecule has 0 bridgehead atoms. The van der Waals surface area contributed by atoms with Gasteiger partial charge in [-0.15, -0.1) is 0 Å². The Hall–Kier alpha value is -1.14. The molecule has 1 aliphatic rings. The lowest BCUT2D eigenvalue weighted by atomic mass is 10.2. The molecule has 4 nitrogen and oxygen atoms in total. The molecule has 17 heavy (non-hydrogen) atoms. The molecule has 2 N–H and O–H groups in total. The molecule has 1 saturated heterocycles. The molecule has 1 fully saturated rings. The van der Waals surface area contributed by atoms with Gasteiger partial charge in [0.15, 0.2) is 0 Å². The minimum Gasteiger partial charge on any atom is -0.398 e. The first-order valence-corrected chi connectivity index (χ1v) is 7.01. The smallest absolute Gasteiger partial charge is 0.248 e. The highest BCUT2D eigenvalue weighted by Gasteiger charge is 2.30. The lowest BCUT2D eigenvalue weighted by molar-refractivity contribution is 0.345. The normalized spacial score (nSPS) is 18.2. The fraction of sp³-hybridized carbons (Fsp3) is 0.455. The number of nitrogens with two attached hydrogens (primary N) is 1. The predicted octanol–water partition coefficient (Wildman–Crippen LogP) is 1.58. The first-order valence-electron chi connectivity index (χ1n) is 5.57. The highest BCUT2D eigenvalue weighted by molar-refractivity contribution is 7.89. The maximum absolute atomic E-state index is 13.6. The van der Waals surface area contributed by atoms with E-state index in [0.29, 0.717) is 13.1 Å². The van der Waals surface area contributed by atoms with Crippen molar-refractivity contribution in [2.24, 2.45) is 0 Å². The molecule has 94 valence electrons. The van der Waals surface area contributed by atoms with Gasteiger partial charge in [0.1, 0.15) is 10.7 Å². The predicted molar refractivity (Wildman–Crippen MR) is 63.4 cm³/mol. The van der Waals surface area contributed by atoms with E-state index in [4.69, 9.17) is 5.73 Å². The molecule has 2 rings (SSSR count). The molecule has 0 aliphatic carbocycles. The molecule has 0 unspecified atom stereocenters. The molecular formula is C11H15FN2O2S. The maximum atomic E-state index is 13.6. The summed E-state index contributed by atoms with van der Waals surface area (Å²) in [7, 11) is -3.79. The second kappa shape index (κ2) is 4.62. The summed E-state index contributed by atoms with van der Waals surface area (Å²) in [5, 5.41) is 0. The average molecular weight is 258 g/mol. The molecule has 0 radical (unpaired) electrons. The Morgan fingerprint density at radius 1 is 1.18 bits per heavy atom. The van der Waals surface area contributed by atoms with E-state index in [1.165, 1.54) is 16.4 Å². The second-order valence-electron chi connectivity index (χ2n) is 4.12. The van der Waals surface area contributed by atoms with Crippen molar-refractivity contribution >= 4 is 15.7 Å². The number of nitrogen functional groups attached to an aromatic ring is 1. The van der Waals surface area contributed by atoms with Crippen molar-refractivity contribution in [2.75, 3.05) is 18.8 Å². The van der Waals surface area contributed by atoms with E-state index in [0.717, 1.165) is 25.3 Å². The van der Waals surface area contributed by atoms with Crippen molar-refractivity contribution < 1.29 is 12.8 Å². The molecule has 6 heteroatoms. The molecule has 1 aromatic carbocycles. The summed E-state index contributed by atoms with van der Waals surface area (Å²) in [5.41, 5.74) is 5.54. The van der Waals surface area contributed by atoms with Crippen molar-refractivity contribution in [2.45, 2.75) is 24.2 Å². The van der Waals surface area contributed by atoms with E-state index in [1.807, 2.05) is 0 Å². The van der Waals surface area contributed by atoms with Crippen LogP contribution >= 0.6 is 0 Å². The summed E-state index contributed by atoms with van der Waals surface area (Å²) in [6.45, 7) is 0.881. The van der Waals surface area contributed by atoms with Crippen LogP contribution in [-0.2, 0) is 10.0 Å². The molecule has 0 spiro atoms. The third kappa shape index (κ3) is 2.28. The zero-order valence-electron chi connectivity index (χ0n) is 9.39. The van der Waals surface area contributed by atoms with Crippen molar-refractivity contribution in [3.8, 4) is 0 Å². The van der Waals surface area contributed by atoms with Crippen molar-refractivity contribution in [3.63, 3.8) is 0 Å². The minimum atomic E-state index is -3.79. The zero-order valence-corrected chi connectivity index (χ0v) is 10.2. The van der Waals surface area contributed by atoms with Crippen LogP contribution in [-0.4, -0.2) is 25.8 Å². The van der Waals surface area contributed by atoms with Crippen LogP contribution in [0.5, 0.6) is 0 Å². The standard InChI is InChI=1S/C11H15FN2O2S/c12-9-5-4-6-10(13)11(9)17(15,16)14-7-2-1-3-8-14/h4-6H,1-3,7-8,13H2. The summed E-state index contributed by atoms with van der Waals surface area (Å²) in [6, 6.07) is 3.92. The molecule has 0 aromatic heterocycles. The number of rotatable bonds is 2. The fourth-order valence-corrected chi connectivity index (χ4v) is 3.71. The summed E-state index contributed by atoms with van der Waals surface area (Å²) >= 11 is 0. The first kappa shape index (κ1) is 12.3. The van der Waals surface area contributed by atoms with Gasteiger partial charge >= 0.3 is 0 Å². The SMILES string of the molecule is Nc1cccc(F)c1S(=O)(=O)N1CCCCC1. The number of piperidine rings is 1. The van der Waals surface area contributed by atoms with E-state index in [-0.39, 0.29) is 10.6 Å². The van der Waals surface area contributed by atoms with E-state index < -0.39 is 15.8 Å². The van der Waals surface area contributed by atoms with Gasteiger partial charge in [0, 0.05) is 13.1 Å². The van der Waals surface area contributed by atoms with Gasteiger partial charge in [-0.1, -0.05) is 12.5 Å². The Labute approximate surface area is 100 Å². The molecule has 1 heterocycles. The molecule has 1 aromatic rings. The van der Waals surface area contributed by atoms with Crippen molar-refractivity contribution in [3.05, 3.63) is 24.0 Å². The first-order chi connectivity index (χ1) is 8.03. The second-order valence-corrected chi connectivity index (χ2v) is 6.00. The Bertz CT molecular complexity index is 490. The molecule has 0 amide bonds. The zero-order chi connectivity index (χ0) is 12.5. The van der Waals surface area contributed by atoms with Crippen LogP contribution in [0, 0.1) is 5.82 Å². The van der Waals surface area contributed by atoms with Gasteiger partial charge in [0.05, 0.1) is 5.69 Å². The largest absolute Gasteiger partial charge is 0.398 e. The number of hydrogen-bond acceptors (Lipinski definition) is 3. The number of halogens is 1. The highest BCUT2D eigenvalue weighted by Crippen LogP contribution is 2.27. The molecule has 0 saturated carbocycles. The number of nitrogens with zero attached hydrogens (tertiary/aromatic N) is 1. The van der Waals surface area contributed by atoms with Crippen molar-refractivity contribution in [1.82, 2.24) is 4.31 Å². The van der Waals surface area contributed by atoms with E-state index in [2.05, 4.69) is 0 Å². The Morgan fingerprint density at radius 3 is 2.41 bits per heavy atom. The van der Waals surface area contributed by atoms with Crippen LogP contribution in [0.25, 0.3) is 0 Å². The van der Waals surface area contributed by atoms with Crippen LogP contribution in [0.15, 0.2) is 23.1 Å². The van der Waals surface area contributed by atoms with Crippen LogP contribution in [0.2, 0.25) is 0 Å². The third-order valence-corrected chi connectivity index (χ3v) is 4.90. The van der Waals surface area contributed by atoms with Crippen LogP contribution in [0.1, 0.15) is 19.3 Å². The lowest BCUT2D eigenvalue weighted by Crippen LogP contribution is -2.36. The van der Waals surface area contributed by atoms with Gasteiger partial charge < -0.3 is 5.73 Å². The van der Waals surface area contributed by atoms with Gasteiger partial charge in [-0.05, 0) is 25.0 Å². The van der Waals surface area contributed by atoms with Gasteiger partial charge in [0.25, 0.3) is 0 Å². The third-order valence-electron chi connectivity index (χ3n) is 2.91. The van der Waals surface area contributed by atoms with Gasteiger partial charge in [-0.3, -0.25) is 0 Å². The van der Waals surface area contributed by atoms with E-state index in [1.54, 1.807) is 0 Å². The molecule has 0 atom stereocenters. The minimum absolute atomic E-state index is 0.0319. The Kier molecular flexibility index (Phi) is 3.35. The lowest BCUT2D eigenvalue weighted by Gasteiger charge is -2.26. The summed E-state index contributed by atoms with van der Waals surface area (Å²) in [6.07, 6.45) is 2.64. The highest BCUT2D eigenvalue weighted by atomic mass is 32.2. The van der Waals surface area contributed by atoms with E-state index >= 15 is 0 Å². The molecular weight excluding hydrogens is 243 g/mol. The maximum Gasteiger partial charge on any atom is 0.248 e. The average Bonchev–Trinajstić information content (AvgIpc) is 2.29. The topological polar surface area (TPSA) is 63.4 Å². The van der Waals surface area contributed by atoms with Gasteiger partial charge in [-0.2, -0.15) is 4.31 Å². The molecule has 1 aliphatic heterocycles. The Balaban J connectivity index is 2.44. The van der Waals surface area contributed by atoms with E-state index in [9.17, 15) is 12.8 Å². The Morgan fingerprint density at radius 2 is 1.82 bits per heavy atom. The van der Waals surface area contributed by atoms with Gasteiger partial charge in [-0.25, -0.2) is 12.8 Å². The van der Waals surface area contributed by atoms with Gasteiger partial charge in [0.2, 0.25) is 10.0 Å². The summed E-state index contributed by atoms with van der Waals surface area (Å²) in [5.74, 6) is -0.782. The fourth-order valence-electron chi connectivity index (χ4n) is 2.03. The quantitative estimate of drug-likeness (QED) is 0.819. The van der Waals surface area contributed by atoms with Crippen LogP contribution in [0.4, 0.5) is 10.1 Å². The van der Waals surface area contributed by atoms with Crippen LogP contribution < -0.4 is 5.73 Å². The van der Waals surface area contributed by atoms with Crippen LogP contribution in [0.3, 0.4) is 0 Å². The monoisotopic (exact) mass is 258 g/mol. The van der Waals surface area contributed by atoms with Crippen molar-refractivity contribution in [1.29, 1.82) is 0 Å². The number of benzene rings is 1. The summed E-state index contributed by atoms with van der Waals surface area (Å²) < 4.78 is 39.4. The number of anilines is 1. The number of hydrogen-bond donors (Lipinski definition) is 1. The number of sulfonamides is 1. The summed E-state index contributed by atoms with van der Waals surface area (Å²) in [4.78, 5) is -0.387.